The maximum Gasteiger partial charge on any atom is 0.132 e. The highest BCUT2D eigenvalue weighted by Crippen LogP contribution is 2.20. The normalized spacial score (nSPS) is 12.5. The second kappa shape index (κ2) is 6.86. The van der Waals surface area contributed by atoms with Crippen molar-refractivity contribution in [3.8, 4) is 0 Å². The number of aliphatic hydroxyl groups excluding tert-OH is 1. The van der Waals surface area contributed by atoms with Crippen LogP contribution >= 0.6 is 0 Å². The van der Waals surface area contributed by atoms with E-state index in [1.165, 1.54) is 6.07 Å². The van der Waals surface area contributed by atoms with Gasteiger partial charge in [-0.2, -0.15) is 0 Å². The molecule has 1 atom stereocenters. The molecule has 3 aromatic rings. The summed E-state index contributed by atoms with van der Waals surface area (Å²) in [5.74, 6) is -0.267. The van der Waals surface area contributed by atoms with Crippen molar-refractivity contribution in [3.63, 3.8) is 0 Å². The zero-order valence-corrected chi connectivity index (χ0v) is 13.0. The van der Waals surface area contributed by atoms with Gasteiger partial charge in [0, 0.05) is 24.7 Å². The number of benzene rings is 2. The first-order chi connectivity index (χ1) is 11.1. The molecule has 1 unspecified atom stereocenters. The molecule has 118 valence electrons. The predicted molar refractivity (Wildman–Crippen MR) is 89.5 cm³/mol. The van der Waals surface area contributed by atoms with E-state index in [2.05, 4.69) is 10.3 Å². The Balaban J connectivity index is 1.68. The Morgan fingerprint density at radius 1 is 1.17 bits per heavy atom. The number of halogens is 1. The minimum absolute atomic E-state index is 0.267. The van der Waals surface area contributed by atoms with Crippen molar-refractivity contribution in [1.29, 1.82) is 0 Å². The molecule has 1 heterocycles. The summed E-state index contributed by atoms with van der Waals surface area (Å²) in [5, 5.41) is 14.0. The van der Waals surface area contributed by atoms with Crippen molar-refractivity contribution < 1.29 is 9.50 Å². The second-order valence-electron chi connectivity index (χ2n) is 5.67. The number of hydrogen-bond donors (Lipinski definition) is 2. The Labute approximate surface area is 134 Å². The molecule has 0 fully saturated rings. The first-order valence-electron chi connectivity index (χ1n) is 7.62. The molecule has 0 aliphatic carbocycles. The van der Waals surface area contributed by atoms with Crippen LogP contribution in [0, 0.1) is 12.7 Å². The van der Waals surface area contributed by atoms with Crippen LogP contribution in [0.1, 0.15) is 22.8 Å². The molecule has 0 spiro atoms. The van der Waals surface area contributed by atoms with Crippen molar-refractivity contribution >= 4 is 10.9 Å². The lowest BCUT2D eigenvalue weighted by atomic mass is 10.1. The minimum atomic E-state index is -0.574. The molecule has 0 saturated heterocycles. The van der Waals surface area contributed by atoms with Gasteiger partial charge >= 0.3 is 0 Å². The Bertz CT molecular complexity index is 819. The lowest BCUT2D eigenvalue weighted by molar-refractivity contribution is 0.174. The lowest BCUT2D eigenvalue weighted by Crippen LogP contribution is -2.21. The third-order valence-electron chi connectivity index (χ3n) is 3.88. The largest absolute Gasteiger partial charge is 0.387 e. The topological polar surface area (TPSA) is 45.1 Å². The fraction of sp³-hybridized carbons (Fsp3) is 0.211. The zero-order chi connectivity index (χ0) is 16.2. The molecule has 1 aromatic heterocycles. The molecule has 2 aromatic carbocycles. The number of nitrogens with one attached hydrogen (secondary N) is 1. The summed E-state index contributed by atoms with van der Waals surface area (Å²) in [6, 6.07) is 14.5. The van der Waals surface area contributed by atoms with E-state index in [0.29, 0.717) is 24.0 Å². The summed E-state index contributed by atoms with van der Waals surface area (Å²) in [5.41, 5.74) is 3.58. The van der Waals surface area contributed by atoms with Gasteiger partial charge in [0.1, 0.15) is 5.82 Å². The summed E-state index contributed by atoms with van der Waals surface area (Å²) in [7, 11) is 0. The number of pyridine rings is 1. The van der Waals surface area contributed by atoms with Crippen LogP contribution in [0.5, 0.6) is 0 Å². The first kappa shape index (κ1) is 15.6. The highest BCUT2D eigenvalue weighted by atomic mass is 19.1. The van der Waals surface area contributed by atoms with Crippen LogP contribution in [-0.4, -0.2) is 16.6 Å². The summed E-state index contributed by atoms with van der Waals surface area (Å²) in [6.07, 6.45) is 1.09. The van der Waals surface area contributed by atoms with Crippen molar-refractivity contribution in [1.82, 2.24) is 10.3 Å². The van der Waals surface area contributed by atoms with Gasteiger partial charge in [-0.05, 0) is 36.2 Å². The van der Waals surface area contributed by atoms with E-state index in [1.807, 2.05) is 31.2 Å². The number of aromatic nitrogens is 1. The highest BCUT2D eigenvalue weighted by molar-refractivity contribution is 5.82. The van der Waals surface area contributed by atoms with Gasteiger partial charge in [-0.3, -0.25) is 4.98 Å². The number of aliphatic hydroxyl groups is 1. The molecule has 0 amide bonds. The third kappa shape index (κ3) is 3.55. The molecule has 3 rings (SSSR count). The molecule has 23 heavy (non-hydrogen) atoms. The molecular formula is C19H19FN2O. The fourth-order valence-corrected chi connectivity index (χ4v) is 2.68. The van der Waals surface area contributed by atoms with Gasteiger partial charge in [-0.15, -0.1) is 0 Å². The lowest BCUT2D eigenvalue weighted by Gasteiger charge is -2.13. The van der Waals surface area contributed by atoms with Crippen LogP contribution in [-0.2, 0) is 6.54 Å². The molecule has 2 N–H and O–H groups in total. The van der Waals surface area contributed by atoms with E-state index < -0.39 is 6.10 Å². The van der Waals surface area contributed by atoms with E-state index >= 15 is 0 Å². The number of fused-ring (bicyclic) bond motifs is 1. The minimum Gasteiger partial charge on any atom is -0.387 e. The zero-order valence-electron chi connectivity index (χ0n) is 13.0. The van der Waals surface area contributed by atoms with E-state index in [1.54, 1.807) is 24.4 Å². The number of hydrogen-bond acceptors (Lipinski definition) is 3. The summed E-state index contributed by atoms with van der Waals surface area (Å²) >= 11 is 0. The third-order valence-corrected chi connectivity index (χ3v) is 3.88. The Hall–Kier alpha value is -2.30. The molecule has 0 saturated carbocycles. The summed E-state index contributed by atoms with van der Waals surface area (Å²) < 4.78 is 13.8. The summed E-state index contributed by atoms with van der Waals surface area (Å²) in [4.78, 5) is 4.27. The molecule has 0 aliphatic rings. The average Bonchev–Trinajstić information content (AvgIpc) is 2.57. The Morgan fingerprint density at radius 3 is 2.87 bits per heavy atom. The average molecular weight is 310 g/mol. The SMILES string of the molecule is Cc1cccc(C(O)CNCc2ccc(F)c3cccnc23)c1. The van der Waals surface area contributed by atoms with Gasteiger partial charge in [0.15, 0.2) is 0 Å². The van der Waals surface area contributed by atoms with Crippen molar-refractivity contribution in [2.24, 2.45) is 0 Å². The Morgan fingerprint density at radius 2 is 2.04 bits per heavy atom. The number of nitrogens with zero attached hydrogens (tertiary/aromatic N) is 1. The quantitative estimate of drug-likeness (QED) is 0.758. The smallest absolute Gasteiger partial charge is 0.132 e. The second-order valence-corrected chi connectivity index (χ2v) is 5.67. The predicted octanol–water partition coefficient (Wildman–Crippen LogP) is 3.51. The van der Waals surface area contributed by atoms with Crippen molar-refractivity contribution in [2.75, 3.05) is 6.54 Å². The van der Waals surface area contributed by atoms with E-state index in [4.69, 9.17) is 0 Å². The molecule has 3 nitrogen and oxygen atoms in total. The highest BCUT2D eigenvalue weighted by Gasteiger charge is 2.09. The number of rotatable bonds is 5. The van der Waals surface area contributed by atoms with Crippen LogP contribution in [0.4, 0.5) is 4.39 Å². The molecule has 0 aliphatic heterocycles. The standard InChI is InChI=1S/C19H19FN2O/c1-13-4-2-5-14(10-13)18(23)12-21-11-15-7-8-17(20)16-6-3-9-22-19(15)16/h2-10,18,21,23H,11-12H2,1H3. The first-order valence-corrected chi connectivity index (χ1v) is 7.62. The maximum atomic E-state index is 13.8. The van der Waals surface area contributed by atoms with Crippen LogP contribution in [0.3, 0.4) is 0 Å². The van der Waals surface area contributed by atoms with Gasteiger partial charge in [0.05, 0.1) is 11.6 Å². The molecule has 0 bridgehead atoms. The van der Waals surface area contributed by atoms with Gasteiger partial charge in [-0.1, -0.05) is 35.9 Å². The van der Waals surface area contributed by atoms with Gasteiger partial charge in [0.2, 0.25) is 0 Å². The molecule has 0 radical (unpaired) electrons. The summed E-state index contributed by atoms with van der Waals surface area (Å²) in [6.45, 7) is 2.95. The fourth-order valence-electron chi connectivity index (χ4n) is 2.68. The number of aryl methyl sites for hydroxylation is 1. The molecule has 4 heteroatoms. The van der Waals surface area contributed by atoms with E-state index in [-0.39, 0.29) is 5.82 Å². The van der Waals surface area contributed by atoms with Crippen LogP contribution in [0.2, 0.25) is 0 Å². The van der Waals surface area contributed by atoms with E-state index in [9.17, 15) is 9.50 Å². The van der Waals surface area contributed by atoms with Gasteiger partial charge in [0.25, 0.3) is 0 Å². The monoisotopic (exact) mass is 310 g/mol. The van der Waals surface area contributed by atoms with Gasteiger partial charge in [-0.25, -0.2) is 4.39 Å². The van der Waals surface area contributed by atoms with Crippen LogP contribution in [0.25, 0.3) is 10.9 Å². The van der Waals surface area contributed by atoms with Crippen molar-refractivity contribution in [2.45, 2.75) is 19.6 Å². The van der Waals surface area contributed by atoms with E-state index in [0.717, 1.165) is 16.7 Å². The van der Waals surface area contributed by atoms with Crippen molar-refractivity contribution in [3.05, 3.63) is 77.2 Å². The maximum absolute atomic E-state index is 13.8. The molecular weight excluding hydrogens is 291 g/mol. The Kier molecular flexibility index (Phi) is 4.65. The van der Waals surface area contributed by atoms with Gasteiger partial charge < -0.3 is 10.4 Å². The van der Waals surface area contributed by atoms with Crippen LogP contribution in [0.15, 0.2) is 54.7 Å². The van der Waals surface area contributed by atoms with Crippen LogP contribution < -0.4 is 5.32 Å².